The molecule has 0 aromatic heterocycles. The third-order valence-corrected chi connectivity index (χ3v) is 2.07. The normalized spacial score (nSPS) is 16.2. The number of esters is 1. The Kier molecular flexibility index (Phi) is 3.52. The minimum absolute atomic E-state index is 0.247. The van der Waals surface area contributed by atoms with Crippen molar-refractivity contribution in [3.8, 4) is 0 Å². The summed E-state index contributed by atoms with van der Waals surface area (Å²) in [7, 11) is 1.37. The second kappa shape index (κ2) is 3.72. The molecule has 11 heavy (non-hydrogen) atoms. The third kappa shape index (κ3) is 3.37. The minimum atomic E-state index is -0.451. The number of nitrogens with two attached hydrogens (primary N) is 1. The first-order chi connectivity index (χ1) is 4.90. The lowest BCUT2D eigenvalue weighted by atomic mass is 9.86. The number of hydrogen-bond donors (Lipinski definition) is 1. The Bertz CT molecular complexity index is 141. The second-order valence-corrected chi connectivity index (χ2v) is 3.41. The molecular weight excluding hydrogens is 142 g/mol. The molecule has 1 atom stereocenters. The first kappa shape index (κ1) is 10.4. The van der Waals surface area contributed by atoms with Crippen LogP contribution in [0.4, 0.5) is 0 Å². The van der Waals surface area contributed by atoms with Gasteiger partial charge in [-0.25, -0.2) is 0 Å². The van der Waals surface area contributed by atoms with Gasteiger partial charge >= 0.3 is 5.97 Å². The molecule has 66 valence electrons. The van der Waals surface area contributed by atoms with Crippen LogP contribution in [-0.2, 0) is 9.53 Å². The van der Waals surface area contributed by atoms with Crippen molar-refractivity contribution in [2.45, 2.75) is 32.7 Å². The van der Waals surface area contributed by atoms with Crippen molar-refractivity contribution < 1.29 is 9.53 Å². The summed E-state index contributed by atoms with van der Waals surface area (Å²) in [5.41, 5.74) is 5.38. The Morgan fingerprint density at radius 1 is 1.64 bits per heavy atom. The standard InChI is InChI=1S/C8H17NO2/c1-6(2)8(3,9)5-7(10)11-4/h6H,5,9H2,1-4H3. The van der Waals surface area contributed by atoms with E-state index in [9.17, 15) is 4.79 Å². The highest BCUT2D eigenvalue weighted by molar-refractivity contribution is 5.70. The zero-order valence-corrected chi connectivity index (χ0v) is 7.68. The van der Waals surface area contributed by atoms with E-state index in [0.29, 0.717) is 0 Å². The monoisotopic (exact) mass is 159 g/mol. The quantitative estimate of drug-likeness (QED) is 0.623. The fraction of sp³-hybridized carbons (Fsp3) is 0.875. The smallest absolute Gasteiger partial charge is 0.307 e. The van der Waals surface area contributed by atoms with Crippen molar-refractivity contribution in [2.24, 2.45) is 11.7 Å². The van der Waals surface area contributed by atoms with Crippen molar-refractivity contribution >= 4 is 5.97 Å². The van der Waals surface area contributed by atoms with Gasteiger partial charge in [0.15, 0.2) is 0 Å². The topological polar surface area (TPSA) is 52.3 Å². The van der Waals surface area contributed by atoms with Gasteiger partial charge in [-0.3, -0.25) is 4.79 Å². The van der Waals surface area contributed by atoms with Crippen LogP contribution in [0.2, 0.25) is 0 Å². The highest BCUT2D eigenvalue weighted by atomic mass is 16.5. The highest BCUT2D eigenvalue weighted by Crippen LogP contribution is 2.17. The zero-order valence-electron chi connectivity index (χ0n) is 7.68. The Hall–Kier alpha value is -0.570. The molecular formula is C8H17NO2. The molecule has 0 spiro atoms. The maximum Gasteiger partial charge on any atom is 0.307 e. The number of rotatable bonds is 3. The van der Waals surface area contributed by atoms with E-state index in [4.69, 9.17) is 5.73 Å². The Labute approximate surface area is 67.9 Å². The largest absolute Gasteiger partial charge is 0.469 e. The fourth-order valence-electron chi connectivity index (χ4n) is 0.587. The molecule has 3 heteroatoms. The van der Waals surface area contributed by atoms with Crippen molar-refractivity contribution in [1.82, 2.24) is 0 Å². The van der Waals surface area contributed by atoms with E-state index in [1.54, 1.807) is 0 Å². The molecule has 0 saturated heterocycles. The van der Waals surface area contributed by atoms with Crippen molar-refractivity contribution in [3.63, 3.8) is 0 Å². The van der Waals surface area contributed by atoms with Gasteiger partial charge in [0.05, 0.1) is 13.5 Å². The second-order valence-electron chi connectivity index (χ2n) is 3.41. The molecule has 3 nitrogen and oxygen atoms in total. The van der Waals surface area contributed by atoms with Crippen LogP contribution < -0.4 is 5.73 Å². The molecule has 1 unspecified atom stereocenters. The maximum atomic E-state index is 10.8. The summed E-state index contributed by atoms with van der Waals surface area (Å²) in [5, 5.41) is 0. The average molecular weight is 159 g/mol. The summed E-state index contributed by atoms with van der Waals surface area (Å²) < 4.78 is 4.52. The van der Waals surface area contributed by atoms with E-state index in [0.717, 1.165) is 0 Å². The summed E-state index contributed by atoms with van der Waals surface area (Å²) in [6.07, 6.45) is 0.279. The Morgan fingerprint density at radius 3 is 2.36 bits per heavy atom. The van der Waals surface area contributed by atoms with E-state index < -0.39 is 5.54 Å². The number of hydrogen-bond acceptors (Lipinski definition) is 3. The molecule has 0 aliphatic rings. The van der Waals surface area contributed by atoms with Gasteiger partial charge in [-0.2, -0.15) is 0 Å². The zero-order chi connectivity index (χ0) is 9.07. The number of methoxy groups -OCH3 is 1. The molecule has 0 aromatic rings. The lowest BCUT2D eigenvalue weighted by Gasteiger charge is -2.27. The lowest BCUT2D eigenvalue weighted by molar-refractivity contribution is -0.142. The number of carbonyl (C=O) groups excluding carboxylic acids is 1. The van der Waals surface area contributed by atoms with E-state index in [-0.39, 0.29) is 18.3 Å². The average Bonchev–Trinajstić information content (AvgIpc) is 1.86. The summed E-state index contributed by atoms with van der Waals surface area (Å²) >= 11 is 0. The number of carbonyl (C=O) groups is 1. The SMILES string of the molecule is COC(=O)CC(C)(N)C(C)C. The van der Waals surface area contributed by atoms with Crippen LogP contribution in [0.15, 0.2) is 0 Å². The van der Waals surface area contributed by atoms with Crippen LogP contribution >= 0.6 is 0 Å². The summed E-state index contributed by atoms with van der Waals surface area (Å²) in [6.45, 7) is 5.83. The third-order valence-electron chi connectivity index (χ3n) is 2.07. The molecule has 0 radical (unpaired) electrons. The van der Waals surface area contributed by atoms with Crippen LogP contribution in [0, 0.1) is 5.92 Å². The molecule has 0 fully saturated rings. The van der Waals surface area contributed by atoms with Gasteiger partial charge < -0.3 is 10.5 Å². The van der Waals surface area contributed by atoms with Crippen LogP contribution in [0.25, 0.3) is 0 Å². The number of ether oxygens (including phenoxy) is 1. The van der Waals surface area contributed by atoms with Gasteiger partial charge in [0, 0.05) is 5.54 Å². The molecule has 0 rings (SSSR count). The van der Waals surface area contributed by atoms with E-state index in [2.05, 4.69) is 4.74 Å². The lowest BCUT2D eigenvalue weighted by Crippen LogP contribution is -2.43. The molecule has 0 aromatic carbocycles. The van der Waals surface area contributed by atoms with Crippen molar-refractivity contribution in [3.05, 3.63) is 0 Å². The summed E-state index contributed by atoms with van der Waals surface area (Å²) in [6, 6.07) is 0. The predicted molar refractivity (Wildman–Crippen MR) is 44.1 cm³/mol. The van der Waals surface area contributed by atoms with Crippen molar-refractivity contribution in [2.75, 3.05) is 7.11 Å². The molecule has 0 aliphatic carbocycles. The van der Waals surface area contributed by atoms with E-state index >= 15 is 0 Å². The Morgan fingerprint density at radius 2 is 2.09 bits per heavy atom. The van der Waals surface area contributed by atoms with Gasteiger partial charge in [-0.05, 0) is 12.8 Å². The molecule has 2 N–H and O–H groups in total. The summed E-state index contributed by atoms with van der Waals surface area (Å²) in [5.74, 6) is 0.0327. The first-order valence-electron chi connectivity index (χ1n) is 3.76. The van der Waals surface area contributed by atoms with E-state index in [1.165, 1.54) is 7.11 Å². The first-order valence-corrected chi connectivity index (χ1v) is 3.76. The molecule has 0 bridgehead atoms. The van der Waals surface area contributed by atoms with Gasteiger partial charge in [0.2, 0.25) is 0 Å². The van der Waals surface area contributed by atoms with Crippen LogP contribution in [0.3, 0.4) is 0 Å². The molecule has 0 heterocycles. The van der Waals surface area contributed by atoms with E-state index in [1.807, 2.05) is 20.8 Å². The molecule has 0 amide bonds. The molecule has 0 saturated carbocycles. The molecule has 0 aliphatic heterocycles. The maximum absolute atomic E-state index is 10.8. The predicted octanol–water partition coefficient (Wildman–Crippen LogP) is 0.923. The highest BCUT2D eigenvalue weighted by Gasteiger charge is 2.26. The van der Waals surface area contributed by atoms with Crippen molar-refractivity contribution in [1.29, 1.82) is 0 Å². The van der Waals surface area contributed by atoms with Gasteiger partial charge in [-0.1, -0.05) is 13.8 Å². The summed E-state index contributed by atoms with van der Waals surface area (Å²) in [4.78, 5) is 10.8. The fourth-order valence-corrected chi connectivity index (χ4v) is 0.587. The van der Waals surface area contributed by atoms with Crippen LogP contribution in [0.1, 0.15) is 27.2 Å². The van der Waals surface area contributed by atoms with Gasteiger partial charge in [0.1, 0.15) is 0 Å². The van der Waals surface area contributed by atoms with Gasteiger partial charge in [-0.15, -0.1) is 0 Å². The Balaban J connectivity index is 4.01. The van der Waals surface area contributed by atoms with Gasteiger partial charge in [0.25, 0.3) is 0 Å². The van der Waals surface area contributed by atoms with Crippen LogP contribution in [-0.4, -0.2) is 18.6 Å². The minimum Gasteiger partial charge on any atom is -0.469 e. The van der Waals surface area contributed by atoms with Crippen LogP contribution in [0.5, 0.6) is 0 Å².